The highest BCUT2D eigenvalue weighted by Gasteiger charge is 2.34. The summed E-state index contributed by atoms with van der Waals surface area (Å²) in [5, 5.41) is 0. The van der Waals surface area contributed by atoms with Crippen LogP contribution in [0.25, 0.3) is 11.1 Å². The number of likely N-dealkylation sites (N-methyl/N-ethyl adjacent to an activating group) is 1. The number of rotatable bonds is 6. The number of nitrogens with zero attached hydrogens (tertiary/aromatic N) is 2. The fourth-order valence-corrected chi connectivity index (χ4v) is 4.31. The number of amides is 1. The van der Waals surface area contributed by atoms with E-state index in [0.717, 1.165) is 27.8 Å². The van der Waals surface area contributed by atoms with Crippen molar-refractivity contribution in [3.63, 3.8) is 0 Å². The fraction of sp³-hybridized carbons (Fsp3) is 0.321. The number of aromatic nitrogens is 1. The fourth-order valence-electron chi connectivity index (χ4n) is 4.31. The predicted molar refractivity (Wildman–Crippen MR) is 130 cm³/mol. The summed E-state index contributed by atoms with van der Waals surface area (Å²) in [6, 6.07) is 19.2. The van der Waals surface area contributed by atoms with Crippen LogP contribution in [-0.2, 0) is 20.7 Å². The Hall–Kier alpha value is -3.67. The summed E-state index contributed by atoms with van der Waals surface area (Å²) in [6.07, 6.45) is 3.06. The minimum Gasteiger partial charge on any atom is -0.458 e. The molecule has 0 N–H and O–H groups in total. The van der Waals surface area contributed by atoms with Crippen LogP contribution in [0, 0.1) is 0 Å². The van der Waals surface area contributed by atoms with Crippen molar-refractivity contribution in [3.8, 4) is 11.1 Å². The van der Waals surface area contributed by atoms with Crippen LogP contribution in [-0.4, -0.2) is 47.2 Å². The molecule has 4 rings (SSSR count). The number of hydrogen-bond donors (Lipinski definition) is 0. The largest absolute Gasteiger partial charge is 0.458 e. The minimum absolute atomic E-state index is 0.0527. The van der Waals surface area contributed by atoms with Crippen LogP contribution in [0.5, 0.6) is 0 Å². The molecule has 1 heterocycles. The number of pyridine rings is 1. The number of benzene rings is 2. The Morgan fingerprint density at radius 3 is 2.15 bits per heavy atom. The number of carbonyl (C=O) groups excluding carboxylic acids is 2. The van der Waals surface area contributed by atoms with E-state index >= 15 is 0 Å². The van der Waals surface area contributed by atoms with Crippen molar-refractivity contribution < 1.29 is 19.1 Å². The Bertz CT molecular complexity index is 1120. The molecule has 1 aliphatic carbocycles. The minimum atomic E-state index is -0.834. The Kier molecular flexibility index (Phi) is 6.68. The maximum atomic E-state index is 13.1. The zero-order valence-electron chi connectivity index (χ0n) is 20.0. The summed E-state index contributed by atoms with van der Waals surface area (Å²) >= 11 is 0. The van der Waals surface area contributed by atoms with Gasteiger partial charge in [0.25, 0.3) is 0 Å². The van der Waals surface area contributed by atoms with E-state index in [-0.39, 0.29) is 18.9 Å². The average molecular weight is 459 g/mol. The van der Waals surface area contributed by atoms with Crippen LogP contribution in [0.2, 0.25) is 0 Å². The van der Waals surface area contributed by atoms with Crippen LogP contribution in [0.1, 0.15) is 43.4 Å². The maximum absolute atomic E-state index is 13.1. The molecule has 0 saturated carbocycles. The van der Waals surface area contributed by atoms with Crippen LogP contribution in [0.3, 0.4) is 0 Å². The van der Waals surface area contributed by atoms with Gasteiger partial charge in [-0.3, -0.25) is 9.88 Å². The molecule has 6 heteroatoms. The first kappa shape index (κ1) is 23.5. The Balaban J connectivity index is 1.51. The van der Waals surface area contributed by atoms with Gasteiger partial charge in [0.15, 0.2) is 0 Å². The van der Waals surface area contributed by atoms with Crippen molar-refractivity contribution in [3.05, 3.63) is 89.7 Å². The Morgan fingerprint density at radius 2 is 1.59 bits per heavy atom. The summed E-state index contributed by atoms with van der Waals surface area (Å²) in [7, 11) is 1.57. The molecule has 0 bridgehead atoms. The molecule has 3 aromatic rings. The van der Waals surface area contributed by atoms with E-state index in [4.69, 9.17) is 9.47 Å². The SMILES string of the molecule is CN(C(=O)OCC1c2ccccc2-c2ccccc21)[C@@H](Cc1cccnc1)C(=O)OC(C)(C)C. The second-order valence-corrected chi connectivity index (χ2v) is 9.53. The summed E-state index contributed by atoms with van der Waals surface area (Å²) < 4.78 is 11.4. The number of esters is 1. The lowest BCUT2D eigenvalue weighted by Gasteiger charge is -2.30. The van der Waals surface area contributed by atoms with Crippen molar-refractivity contribution in [2.75, 3.05) is 13.7 Å². The van der Waals surface area contributed by atoms with E-state index in [2.05, 4.69) is 29.2 Å². The molecule has 6 nitrogen and oxygen atoms in total. The predicted octanol–water partition coefficient (Wildman–Crippen LogP) is 5.22. The zero-order valence-corrected chi connectivity index (χ0v) is 20.0. The summed E-state index contributed by atoms with van der Waals surface area (Å²) in [5.41, 5.74) is 4.76. The number of fused-ring (bicyclic) bond motifs is 3. The van der Waals surface area contributed by atoms with Crippen LogP contribution >= 0.6 is 0 Å². The van der Waals surface area contributed by atoms with E-state index in [1.54, 1.807) is 46.3 Å². The Labute approximate surface area is 200 Å². The standard InChI is InChI=1S/C28H30N2O4/c1-28(2,3)34-26(31)25(16-19-10-9-15-29-17-19)30(4)27(32)33-18-24-22-13-7-5-11-20(22)21-12-6-8-14-23(21)24/h5-15,17,24-25H,16,18H2,1-4H3/t25-/m0/s1. The first-order valence-electron chi connectivity index (χ1n) is 11.4. The second kappa shape index (κ2) is 9.67. The average Bonchev–Trinajstić information content (AvgIpc) is 3.14. The van der Waals surface area contributed by atoms with Crippen molar-refractivity contribution in [2.24, 2.45) is 0 Å². The van der Waals surface area contributed by atoms with E-state index in [1.807, 2.05) is 30.3 Å². The molecule has 0 unspecified atom stereocenters. The number of hydrogen-bond acceptors (Lipinski definition) is 5. The van der Waals surface area contributed by atoms with E-state index in [9.17, 15) is 9.59 Å². The van der Waals surface area contributed by atoms with E-state index in [1.165, 1.54) is 4.90 Å². The van der Waals surface area contributed by atoms with Crippen LogP contribution < -0.4 is 0 Å². The lowest BCUT2D eigenvalue weighted by Crippen LogP contribution is -2.47. The van der Waals surface area contributed by atoms with Gasteiger partial charge in [-0.1, -0.05) is 54.6 Å². The molecule has 1 aromatic heterocycles. The summed E-state index contributed by atoms with van der Waals surface area (Å²) in [5.74, 6) is -0.532. The van der Waals surface area contributed by atoms with Gasteiger partial charge >= 0.3 is 12.1 Å². The van der Waals surface area contributed by atoms with Gasteiger partial charge in [-0.15, -0.1) is 0 Å². The third-order valence-corrected chi connectivity index (χ3v) is 5.92. The smallest absolute Gasteiger partial charge is 0.410 e. The number of carbonyl (C=O) groups is 2. The van der Waals surface area contributed by atoms with Gasteiger partial charge in [0.1, 0.15) is 18.2 Å². The highest BCUT2D eigenvalue weighted by molar-refractivity contribution is 5.82. The van der Waals surface area contributed by atoms with Crippen LogP contribution in [0.4, 0.5) is 4.79 Å². The molecule has 0 radical (unpaired) electrons. The third-order valence-electron chi connectivity index (χ3n) is 5.92. The third kappa shape index (κ3) is 5.11. The summed E-state index contributed by atoms with van der Waals surface area (Å²) in [6.45, 7) is 5.60. The molecule has 2 aromatic carbocycles. The highest BCUT2D eigenvalue weighted by atomic mass is 16.6. The van der Waals surface area contributed by atoms with Gasteiger partial charge in [-0.2, -0.15) is 0 Å². The van der Waals surface area contributed by atoms with Gasteiger partial charge in [-0.25, -0.2) is 9.59 Å². The van der Waals surface area contributed by atoms with Gasteiger partial charge in [0.2, 0.25) is 0 Å². The molecule has 0 saturated heterocycles. The van der Waals surface area contributed by atoms with Crippen molar-refractivity contribution in [1.29, 1.82) is 0 Å². The van der Waals surface area contributed by atoms with Gasteiger partial charge in [0, 0.05) is 31.8 Å². The first-order chi connectivity index (χ1) is 16.2. The first-order valence-corrected chi connectivity index (χ1v) is 11.4. The lowest BCUT2D eigenvalue weighted by atomic mass is 9.98. The maximum Gasteiger partial charge on any atom is 0.410 e. The molecule has 176 valence electrons. The molecule has 1 atom stereocenters. The topological polar surface area (TPSA) is 68.7 Å². The molecule has 1 amide bonds. The zero-order chi connectivity index (χ0) is 24.3. The monoisotopic (exact) mass is 458 g/mol. The highest BCUT2D eigenvalue weighted by Crippen LogP contribution is 2.44. The molecule has 0 fully saturated rings. The molecule has 0 aliphatic heterocycles. The molecular formula is C28H30N2O4. The molecule has 0 spiro atoms. The van der Waals surface area contributed by atoms with Gasteiger partial charge < -0.3 is 9.47 Å². The van der Waals surface area contributed by atoms with Crippen molar-refractivity contribution in [2.45, 2.75) is 44.8 Å². The molecular weight excluding hydrogens is 428 g/mol. The second-order valence-electron chi connectivity index (χ2n) is 9.53. The normalized spacial score (nSPS) is 13.5. The molecule has 1 aliphatic rings. The van der Waals surface area contributed by atoms with Gasteiger partial charge in [0.05, 0.1) is 0 Å². The van der Waals surface area contributed by atoms with Crippen molar-refractivity contribution in [1.82, 2.24) is 9.88 Å². The van der Waals surface area contributed by atoms with E-state index in [0.29, 0.717) is 0 Å². The quantitative estimate of drug-likeness (QED) is 0.474. The Morgan fingerprint density at radius 1 is 0.971 bits per heavy atom. The number of ether oxygens (including phenoxy) is 2. The van der Waals surface area contributed by atoms with Crippen molar-refractivity contribution >= 4 is 12.1 Å². The van der Waals surface area contributed by atoms with E-state index < -0.39 is 23.7 Å². The molecule has 34 heavy (non-hydrogen) atoms. The van der Waals surface area contributed by atoms with Gasteiger partial charge in [-0.05, 0) is 54.7 Å². The van der Waals surface area contributed by atoms with Crippen LogP contribution in [0.15, 0.2) is 73.1 Å². The summed E-state index contributed by atoms with van der Waals surface area (Å²) in [4.78, 5) is 31.6. The lowest BCUT2D eigenvalue weighted by molar-refractivity contribution is -0.160.